The number of esters is 1. The molecule has 0 spiro atoms. The van der Waals surface area contributed by atoms with Gasteiger partial charge in [-0.3, -0.25) is 9.59 Å². The van der Waals surface area contributed by atoms with Crippen LogP contribution in [0.25, 0.3) is 0 Å². The molecule has 0 N–H and O–H groups in total. The van der Waals surface area contributed by atoms with Crippen molar-refractivity contribution in [2.75, 3.05) is 20.7 Å². The maximum atomic E-state index is 12.0. The predicted molar refractivity (Wildman–Crippen MR) is 81.3 cm³/mol. The lowest BCUT2D eigenvalue weighted by Crippen LogP contribution is -2.29. The Labute approximate surface area is 123 Å². The molecule has 0 fully saturated rings. The topological polar surface area (TPSA) is 46.6 Å². The summed E-state index contributed by atoms with van der Waals surface area (Å²) in [7, 11) is 3.53. The number of hydrogen-bond donors (Lipinski definition) is 0. The quantitative estimate of drug-likeness (QED) is 0.644. The van der Waals surface area contributed by atoms with Crippen molar-refractivity contribution < 1.29 is 14.3 Å². The maximum absolute atomic E-state index is 12.0. The number of amides is 1. The molecule has 0 bridgehead atoms. The first-order valence-corrected chi connectivity index (χ1v) is 7.43. The molecule has 118 valence electrons. The lowest BCUT2D eigenvalue weighted by molar-refractivity contribution is -0.155. The average Bonchev–Trinajstić information content (AvgIpc) is 2.33. The van der Waals surface area contributed by atoms with Gasteiger partial charge in [-0.2, -0.15) is 0 Å². The van der Waals surface area contributed by atoms with Crippen molar-refractivity contribution >= 4 is 11.9 Å². The van der Waals surface area contributed by atoms with Crippen LogP contribution in [0.4, 0.5) is 0 Å². The third-order valence-corrected chi connectivity index (χ3v) is 3.38. The summed E-state index contributed by atoms with van der Waals surface area (Å²) >= 11 is 0. The van der Waals surface area contributed by atoms with E-state index < -0.39 is 5.41 Å². The molecule has 1 unspecified atom stereocenters. The summed E-state index contributed by atoms with van der Waals surface area (Å²) in [5.74, 6) is 0.628. The Morgan fingerprint density at radius 3 is 2.15 bits per heavy atom. The van der Waals surface area contributed by atoms with Crippen molar-refractivity contribution in [3.63, 3.8) is 0 Å². The second-order valence-electron chi connectivity index (χ2n) is 7.01. The summed E-state index contributed by atoms with van der Waals surface area (Å²) < 4.78 is 5.31. The lowest BCUT2D eigenvalue weighted by atomic mass is 9.84. The predicted octanol–water partition coefficient (Wildman–Crippen LogP) is 3.11. The van der Waals surface area contributed by atoms with E-state index in [0.717, 1.165) is 12.8 Å². The standard InChI is InChI=1S/C16H31NO3/c1-12(2)11-20-15(19)16(4,5)9-8-13(3)10-14(18)17(6)7/h12-13H,8-11H2,1-7H3. The lowest BCUT2D eigenvalue weighted by Gasteiger charge is -2.25. The van der Waals surface area contributed by atoms with Gasteiger partial charge in [0.2, 0.25) is 5.91 Å². The van der Waals surface area contributed by atoms with Crippen LogP contribution in [0.15, 0.2) is 0 Å². The summed E-state index contributed by atoms with van der Waals surface area (Å²) in [4.78, 5) is 25.2. The van der Waals surface area contributed by atoms with Gasteiger partial charge in [0.15, 0.2) is 0 Å². The van der Waals surface area contributed by atoms with Crippen LogP contribution in [0.5, 0.6) is 0 Å². The Hall–Kier alpha value is -1.06. The number of nitrogens with zero attached hydrogens (tertiary/aromatic N) is 1. The molecule has 1 atom stereocenters. The maximum Gasteiger partial charge on any atom is 0.311 e. The summed E-state index contributed by atoms with van der Waals surface area (Å²) in [6.07, 6.45) is 2.12. The zero-order valence-electron chi connectivity index (χ0n) is 14.2. The third-order valence-electron chi connectivity index (χ3n) is 3.38. The number of hydrogen-bond acceptors (Lipinski definition) is 3. The molecule has 1 amide bonds. The third kappa shape index (κ3) is 7.51. The molecule has 20 heavy (non-hydrogen) atoms. The van der Waals surface area contributed by atoms with Gasteiger partial charge >= 0.3 is 5.97 Å². The smallest absolute Gasteiger partial charge is 0.311 e. The molecule has 0 aromatic rings. The van der Waals surface area contributed by atoms with Crippen LogP contribution in [0.3, 0.4) is 0 Å². The van der Waals surface area contributed by atoms with Gasteiger partial charge in [0.05, 0.1) is 12.0 Å². The fourth-order valence-electron chi connectivity index (χ4n) is 1.73. The minimum absolute atomic E-state index is 0.137. The fraction of sp³-hybridized carbons (Fsp3) is 0.875. The molecule has 0 rings (SSSR count). The van der Waals surface area contributed by atoms with Crippen LogP contribution < -0.4 is 0 Å². The Balaban J connectivity index is 4.20. The van der Waals surface area contributed by atoms with Gasteiger partial charge in [-0.1, -0.05) is 20.8 Å². The van der Waals surface area contributed by atoms with Crippen LogP contribution in [0.1, 0.15) is 53.9 Å². The van der Waals surface area contributed by atoms with Gasteiger partial charge in [-0.05, 0) is 38.5 Å². The van der Waals surface area contributed by atoms with Crippen molar-refractivity contribution in [3.05, 3.63) is 0 Å². The van der Waals surface area contributed by atoms with E-state index in [1.165, 1.54) is 0 Å². The Bertz CT molecular complexity index is 322. The SMILES string of the molecule is CC(C)COC(=O)C(C)(C)CCC(C)CC(=O)N(C)C. The van der Waals surface area contributed by atoms with Crippen molar-refractivity contribution in [2.45, 2.75) is 53.9 Å². The molecule has 0 saturated heterocycles. The van der Waals surface area contributed by atoms with Crippen molar-refractivity contribution in [1.29, 1.82) is 0 Å². The van der Waals surface area contributed by atoms with E-state index in [9.17, 15) is 9.59 Å². The molecule has 0 aliphatic rings. The van der Waals surface area contributed by atoms with E-state index in [4.69, 9.17) is 4.74 Å². The summed E-state index contributed by atoms with van der Waals surface area (Å²) in [6, 6.07) is 0. The molecular formula is C16H31NO3. The van der Waals surface area contributed by atoms with Gasteiger partial charge in [0, 0.05) is 20.5 Å². The van der Waals surface area contributed by atoms with Gasteiger partial charge in [-0.15, -0.1) is 0 Å². The molecule has 0 aliphatic heterocycles. The van der Waals surface area contributed by atoms with Gasteiger partial charge < -0.3 is 9.64 Å². The number of rotatable bonds is 8. The minimum atomic E-state index is -0.482. The van der Waals surface area contributed by atoms with Gasteiger partial charge in [0.1, 0.15) is 0 Å². The molecule has 4 nitrogen and oxygen atoms in total. The van der Waals surface area contributed by atoms with Crippen LogP contribution in [0, 0.1) is 17.3 Å². The highest BCUT2D eigenvalue weighted by atomic mass is 16.5. The van der Waals surface area contributed by atoms with Crippen LogP contribution in [-0.4, -0.2) is 37.5 Å². The van der Waals surface area contributed by atoms with Crippen LogP contribution in [0.2, 0.25) is 0 Å². The molecule has 0 aromatic carbocycles. The molecule has 0 aromatic heterocycles. The fourth-order valence-corrected chi connectivity index (χ4v) is 1.73. The molecule has 0 aliphatic carbocycles. The zero-order chi connectivity index (χ0) is 15.9. The first-order chi connectivity index (χ1) is 9.06. The first-order valence-electron chi connectivity index (χ1n) is 7.43. The highest BCUT2D eigenvalue weighted by Gasteiger charge is 2.30. The normalized spacial score (nSPS) is 13.2. The number of carbonyl (C=O) groups is 2. The van der Waals surface area contributed by atoms with Crippen molar-refractivity contribution in [3.8, 4) is 0 Å². The first kappa shape index (κ1) is 18.9. The van der Waals surface area contributed by atoms with Gasteiger partial charge in [-0.25, -0.2) is 0 Å². The van der Waals surface area contributed by atoms with E-state index in [1.54, 1.807) is 19.0 Å². The van der Waals surface area contributed by atoms with Crippen LogP contribution >= 0.6 is 0 Å². The van der Waals surface area contributed by atoms with E-state index >= 15 is 0 Å². The average molecular weight is 285 g/mol. The second-order valence-corrected chi connectivity index (χ2v) is 7.01. The van der Waals surface area contributed by atoms with Crippen molar-refractivity contribution in [2.24, 2.45) is 17.3 Å². The minimum Gasteiger partial charge on any atom is -0.465 e. The second kappa shape index (κ2) is 8.28. The van der Waals surface area contributed by atoms with E-state index in [0.29, 0.717) is 18.9 Å². The number of ether oxygens (including phenoxy) is 1. The Morgan fingerprint density at radius 2 is 1.70 bits per heavy atom. The highest BCUT2D eigenvalue weighted by Crippen LogP contribution is 2.27. The Kier molecular flexibility index (Phi) is 7.84. The number of carbonyl (C=O) groups excluding carboxylic acids is 2. The zero-order valence-corrected chi connectivity index (χ0v) is 14.2. The van der Waals surface area contributed by atoms with E-state index in [2.05, 4.69) is 6.92 Å². The summed E-state index contributed by atoms with van der Waals surface area (Å²) in [5.41, 5.74) is -0.482. The monoisotopic (exact) mass is 285 g/mol. The summed E-state index contributed by atoms with van der Waals surface area (Å²) in [5, 5.41) is 0. The van der Waals surface area contributed by atoms with Gasteiger partial charge in [0.25, 0.3) is 0 Å². The van der Waals surface area contributed by atoms with Crippen LogP contribution in [-0.2, 0) is 14.3 Å². The molecule has 0 radical (unpaired) electrons. The van der Waals surface area contributed by atoms with E-state index in [1.807, 2.05) is 27.7 Å². The Morgan fingerprint density at radius 1 is 1.15 bits per heavy atom. The highest BCUT2D eigenvalue weighted by molar-refractivity contribution is 5.76. The van der Waals surface area contributed by atoms with E-state index in [-0.39, 0.29) is 17.8 Å². The van der Waals surface area contributed by atoms with Crippen molar-refractivity contribution in [1.82, 2.24) is 4.90 Å². The molecule has 0 heterocycles. The molecule has 4 heteroatoms. The summed E-state index contributed by atoms with van der Waals surface area (Å²) in [6.45, 7) is 10.4. The molecular weight excluding hydrogens is 254 g/mol. The largest absolute Gasteiger partial charge is 0.465 e. The molecule has 0 saturated carbocycles.